The molecule has 1 fully saturated rings. The number of hydrogen-bond acceptors (Lipinski definition) is 2. The summed E-state index contributed by atoms with van der Waals surface area (Å²) in [6.45, 7) is 0. The molecule has 0 radical (unpaired) electrons. The zero-order valence-corrected chi connectivity index (χ0v) is 7.83. The molecule has 0 aliphatic heterocycles. The van der Waals surface area contributed by atoms with E-state index in [-0.39, 0.29) is 12.4 Å². The highest BCUT2D eigenvalue weighted by Crippen LogP contribution is 2.39. The second-order valence-corrected chi connectivity index (χ2v) is 3.70. The van der Waals surface area contributed by atoms with E-state index in [9.17, 15) is 0 Å². The SMILES string of the molecule is Cl.N[C@@H](c1ccsc1)C1CC1. The van der Waals surface area contributed by atoms with E-state index in [1.165, 1.54) is 18.4 Å². The van der Waals surface area contributed by atoms with Crippen molar-refractivity contribution in [3.05, 3.63) is 22.4 Å². The summed E-state index contributed by atoms with van der Waals surface area (Å²) in [6, 6.07) is 2.46. The molecule has 0 unspecified atom stereocenters. The smallest absolute Gasteiger partial charge is 0.0331 e. The molecule has 1 aromatic rings. The predicted octanol–water partition coefficient (Wildman–Crippen LogP) is 2.58. The van der Waals surface area contributed by atoms with E-state index in [1.54, 1.807) is 11.3 Å². The Kier molecular flexibility index (Phi) is 2.93. The fourth-order valence-electron chi connectivity index (χ4n) is 1.19. The first-order valence-electron chi connectivity index (χ1n) is 3.65. The van der Waals surface area contributed by atoms with Gasteiger partial charge in [-0.25, -0.2) is 0 Å². The van der Waals surface area contributed by atoms with Crippen LogP contribution in [0.3, 0.4) is 0 Å². The summed E-state index contributed by atoms with van der Waals surface area (Å²) in [4.78, 5) is 0. The predicted molar refractivity (Wildman–Crippen MR) is 51.2 cm³/mol. The maximum atomic E-state index is 5.95. The molecule has 1 aromatic heterocycles. The van der Waals surface area contributed by atoms with Gasteiger partial charge >= 0.3 is 0 Å². The Labute approximate surface area is 77.0 Å². The van der Waals surface area contributed by atoms with Crippen LogP contribution in [-0.2, 0) is 0 Å². The Hall–Kier alpha value is -0.0500. The molecule has 0 spiro atoms. The van der Waals surface area contributed by atoms with E-state index in [0.717, 1.165) is 5.92 Å². The lowest BCUT2D eigenvalue weighted by molar-refractivity contribution is 0.636. The molecule has 1 nitrogen and oxygen atoms in total. The highest BCUT2D eigenvalue weighted by atomic mass is 35.5. The van der Waals surface area contributed by atoms with Crippen molar-refractivity contribution >= 4 is 23.7 Å². The van der Waals surface area contributed by atoms with E-state index < -0.39 is 0 Å². The lowest BCUT2D eigenvalue weighted by Gasteiger charge is -2.05. The van der Waals surface area contributed by atoms with Gasteiger partial charge in [0.15, 0.2) is 0 Å². The average molecular weight is 190 g/mol. The average Bonchev–Trinajstić information content (AvgIpc) is 2.65. The molecule has 1 saturated carbocycles. The summed E-state index contributed by atoms with van der Waals surface area (Å²) in [7, 11) is 0. The fraction of sp³-hybridized carbons (Fsp3) is 0.500. The van der Waals surface area contributed by atoms with Crippen molar-refractivity contribution in [2.75, 3.05) is 0 Å². The molecule has 2 rings (SSSR count). The lowest BCUT2D eigenvalue weighted by Crippen LogP contribution is -2.10. The van der Waals surface area contributed by atoms with Crippen molar-refractivity contribution in [1.29, 1.82) is 0 Å². The maximum absolute atomic E-state index is 5.95. The Balaban J connectivity index is 0.000000605. The molecule has 1 aliphatic carbocycles. The minimum atomic E-state index is 0. The first-order valence-corrected chi connectivity index (χ1v) is 4.60. The summed E-state index contributed by atoms with van der Waals surface area (Å²) in [6.07, 6.45) is 2.66. The zero-order valence-electron chi connectivity index (χ0n) is 6.19. The summed E-state index contributed by atoms with van der Waals surface area (Å²) in [5, 5.41) is 4.25. The van der Waals surface area contributed by atoms with Gasteiger partial charge in [0.25, 0.3) is 0 Å². The molecule has 11 heavy (non-hydrogen) atoms. The van der Waals surface area contributed by atoms with E-state index in [4.69, 9.17) is 5.73 Å². The lowest BCUT2D eigenvalue weighted by atomic mass is 10.1. The Morgan fingerprint density at radius 3 is 2.73 bits per heavy atom. The molecule has 0 aromatic carbocycles. The molecular weight excluding hydrogens is 178 g/mol. The van der Waals surface area contributed by atoms with E-state index in [0.29, 0.717) is 6.04 Å². The van der Waals surface area contributed by atoms with Crippen molar-refractivity contribution in [3.63, 3.8) is 0 Å². The normalized spacial score (nSPS) is 19.0. The molecule has 62 valence electrons. The second-order valence-electron chi connectivity index (χ2n) is 2.92. The van der Waals surface area contributed by atoms with Gasteiger partial charge in [0.1, 0.15) is 0 Å². The van der Waals surface area contributed by atoms with Crippen molar-refractivity contribution in [2.45, 2.75) is 18.9 Å². The molecule has 2 N–H and O–H groups in total. The maximum Gasteiger partial charge on any atom is 0.0331 e. The van der Waals surface area contributed by atoms with Crippen LogP contribution in [0.4, 0.5) is 0 Å². The minimum absolute atomic E-state index is 0. The van der Waals surface area contributed by atoms with Crippen LogP contribution in [0.15, 0.2) is 16.8 Å². The Morgan fingerprint density at radius 2 is 2.27 bits per heavy atom. The number of rotatable bonds is 2. The van der Waals surface area contributed by atoms with Gasteiger partial charge in [0, 0.05) is 6.04 Å². The van der Waals surface area contributed by atoms with Gasteiger partial charge in [0.2, 0.25) is 0 Å². The first kappa shape index (κ1) is 9.04. The van der Waals surface area contributed by atoms with Gasteiger partial charge in [-0.3, -0.25) is 0 Å². The zero-order chi connectivity index (χ0) is 6.97. The third kappa shape index (κ3) is 1.95. The third-order valence-corrected chi connectivity index (χ3v) is 2.76. The third-order valence-electron chi connectivity index (χ3n) is 2.06. The quantitative estimate of drug-likeness (QED) is 0.761. The number of nitrogens with two attached hydrogens (primary N) is 1. The number of hydrogen-bond donors (Lipinski definition) is 1. The topological polar surface area (TPSA) is 26.0 Å². The van der Waals surface area contributed by atoms with Gasteiger partial charge in [-0.05, 0) is 41.1 Å². The molecule has 3 heteroatoms. The van der Waals surface area contributed by atoms with Crippen LogP contribution in [0.25, 0.3) is 0 Å². The number of thiophene rings is 1. The molecule has 0 bridgehead atoms. The highest BCUT2D eigenvalue weighted by molar-refractivity contribution is 7.07. The molecular formula is C8H12ClNS. The van der Waals surface area contributed by atoms with Crippen LogP contribution >= 0.6 is 23.7 Å². The van der Waals surface area contributed by atoms with Gasteiger partial charge in [-0.2, -0.15) is 11.3 Å². The van der Waals surface area contributed by atoms with E-state index in [2.05, 4.69) is 16.8 Å². The second kappa shape index (κ2) is 3.57. The van der Waals surface area contributed by atoms with Gasteiger partial charge in [0.05, 0.1) is 0 Å². The van der Waals surface area contributed by atoms with Crippen LogP contribution in [0, 0.1) is 5.92 Å². The monoisotopic (exact) mass is 189 g/mol. The highest BCUT2D eigenvalue weighted by Gasteiger charge is 2.29. The van der Waals surface area contributed by atoms with E-state index in [1.807, 2.05) is 0 Å². The Morgan fingerprint density at radius 1 is 1.55 bits per heavy atom. The van der Waals surface area contributed by atoms with Crippen molar-refractivity contribution in [1.82, 2.24) is 0 Å². The summed E-state index contributed by atoms with van der Waals surface area (Å²) < 4.78 is 0. The molecule has 1 atom stereocenters. The summed E-state index contributed by atoms with van der Waals surface area (Å²) in [5.74, 6) is 0.787. The Bertz CT molecular complexity index is 206. The molecule has 0 amide bonds. The van der Waals surface area contributed by atoms with Crippen LogP contribution in [-0.4, -0.2) is 0 Å². The van der Waals surface area contributed by atoms with Crippen LogP contribution < -0.4 is 5.73 Å². The first-order chi connectivity index (χ1) is 4.88. The van der Waals surface area contributed by atoms with Crippen molar-refractivity contribution in [3.8, 4) is 0 Å². The fourth-order valence-corrected chi connectivity index (χ4v) is 1.90. The summed E-state index contributed by atoms with van der Waals surface area (Å²) in [5.41, 5.74) is 7.28. The van der Waals surface area contributed by atoms with Gasteiger partial charge in [-0.1, -0.05) is 0 Å². The molecule has 1 heterocycles. The number of halogens is 1. The summed E-state index contributed by atoms with van der Waals surface area (Å²) >= 11 is 1.73. The largest absolute Gasteiger partial charge is 0.324 e. The van der Waals surface area contributed by atoms with Gasteiger partial charge in [-0.15, -0.1) is 12.4 Å². The molecule has 0 saturated heterocycles. The minimum Gasteiger partial charge on any atom is -0.324 e. The standard InChI is InChI=1S/C8H11NS.ClH/c9-8(6-1-2-6)7-3-4-10-5-7;/h3-6,8H,1-2,9H2;1H/t8-;/m1./s1. The van der Waals surface area contributed by atoms with Crippen LogP contribution in [0.1, 0.15) is 24.4 Å². The van der Waals surface area contributed by atoms with Crippen molar-refractivity contribution in [2.24, 2.45) is 11.7 Å². The van der Waals surface area contributed by atoms with Crippen LogP contribution in [0.2, 0.25) is 0 Å². The molecule has 1 aliphatic rings. The van der Waals surface area contributed by atoms with E-state index >= 15 is 0 Å². The van der Waals surface area contributed by atoms with Gasteiger partial charge < -0.3 is 5.73 Å². The van der Waals surface area contributed by atoms with Crippen LogP contribution in [0.5, 0.6) is 0 Å². The van der Waals surface area contributed by atoms with Crippen molar-refractivity contribution < 1.29 is 0 Å².